The number of ether oxygens (including phenoxy) is 1. The van der Waals surface area contributed by atoms with Gasteiger partial charge in [0.1, 0.15) is 5.75 Å². The van der Waals surface area contributed by atoms with Gasteiger partial charge in [-0.3, -0.25) is 9.78 Å². The van der Waals surface area contributed by atoms with Crippen LogP contribution in [0.4, 0.5) is 0 Å². The number of pyridine rings is 1. The smallest absolute Gasteiger partial charge is 0.244 e. The van der Waals surface area contributed by atoms with E-state index in [0.29, 0.717) is 0 Å². The van der Waals surface area contributed by atoms with Gasteiger partial charge in [-0.25, -0.2) is 0 Å². The first-order valence-electron chi connectivity index (χ1n) is 12.1. The zero-order valence-electron chi connectivity index (χ0n) is 20.1. The van der Waals surface area contributed by atoms with Crippen LogP contribution < -0.4 is 10.1 Å². The van der Waals surface area contributed by atoms with Gasteiger partial charge in [-0.1, -0.05) is 44.5 Å². The summed E-state index contributed by atoms with van der Waals surface area (Å²) in [6.07, 6.45) is 14.5. The van der Waals surface area contributed by atoms with Crippen LogP contribution in [-0.2, 0) is 17.6 Å². The number of aromatic nitrogens is 1. The normalized spacial score (nSPS) is 12.2. The number of rotatable bonds is 12. The predicted octanol–water partition coefficient (Wildman–Crippen LogP) is 6.52. The Labute approximate surface area is 198 Å². The van der Waals surface area contributed by atoms with Crippen molar-refractivity contribution in [3.63, 3.8) is 0 Å². The van der Waals surface area contributed by atoms with E-state index in [1.54, 1.807) is 19.4 Å². The molecular weight excluding hydrogens is 408 g/mol. The van der Waals surface area contributed by atoms with E-state index in [0.717, 1.165) is 56.3 Å². The van der Waals surface area contributed by atoms with Crippen molar-refractivity contribution in [2.75, 3.05) is 7.11 Å². The number of methoxy groups -OCH3 is 1. The highest BCUT2D eigenvalue weighted by Crippen LogP contribution is 2.28. The first-order chi connectivity index (χ1) is 16.1. The van der Waals surface area contributed by atoms with Crippen molar-refractivity contribution in [3.05, 3.63) is 77.6 Å². The topological polar surface area (TPSA) is 51.2 Å². The van der Waals surface area contributed by atoms with Gasteiger partial charge in [0.05, 0.1) is 7.11 Å². The van der Waals surface area contributed by atoms with Gasteiger partial charge in [-0.2, -0.15) is 0 Å². The molecule has 4 nitrogen and oxygen atoms in total. The second-order valence-corrected chi connectivity index (χ2v) is 8.52. The van der Waals surface area contributed by atoms with E-state index in [1.165, 1.54) is 21.9 Å². The lowest BCUT2D eigenvalue weighted by Crippen LogP contribution is -2.33. The number of hydrogen-bond donors (Lipinski definition) is 1. The van der Waals surface area contributed by atoms with E-state index in [4.69, 9.17) is 4.74 Å². The van der Waals surface area contributed by atoms with Gasteiger partial charge in [0.15, 0.2) is 0 Å². The molecule has 4 heteroatoms. The van der Waals surface area contributed by atoms with Gasteiger partial charge in [-0.05, 0) is 90.3 Å². The Morgan fingerprint density at radius 2 is 2.00 bits per heavy atom. The highest BCUT2D eigenvalue weighted by molar-refractivity contribution is 5.94. The molecule has 1 N–H and O–H groups in total. The van der Waals surface area contributed by atoms with E-state index in [-0.39, 0.29) is 11.9 Å². The van der Waals surface area contributed by atoms with Crippen molar-refractivity contribution in [2.45, 2.75) is 64.8 Å². The minimum atomic E-state index is -0.0282. The number of fused-ring (bicyclic) bond motifs is 1. The number of unbranched alkanes of at least 4 members (excludes halogenated alkanes) is 1. The molecule has 0 aliphatic rings. The van der Waals surface area contributed by atoms with Crippen LogP contribution in [0, 0.1) is 0 Å². The molecule has 33 heavy (non-hydrogen) atoms. The molecule has 174 valence electrons. The largest absolute Gasteiger partial charge is 0.497 e. The average molecular weight is 445 g/mol. The molecule has 2 aromatic carbocycles. The standard InChI is InChI=1S/C29H36N2O2/c1-4-6-12-27-23(13-14-24-20-26(33-3)16-17-28(24)27)15-18-29(32)31-25(5-2)11-7-9-22-10-8-19-30-21-22/h8,10,13-21,25H,4-7,9,11-12H2,1-3H3,(H,31,32)/t25-/m1/s1. The fourth-order valence-electron chi connectivity index (χ4n) is 4.20. The second-order valence-electron chi connectivity index (χ2n) is 8.52. The number of hydrogen-bond acceptors (Lipinski definition) is 3. The molecule has 0 fully saturated rings. The summed E-state index contributed by atoms with van der Waals surface area (Å²) in [5.74, 6) is 0.834. The lowest BCUT2D eigenvalue weighted by molar-refractivity contribution is -0.117. The predicted molar refractivity (Wildman–Crippen MR) is 138 cm³/mol. The summed E-state index contributed by atoms with van der Waals surface area (Å²) in [5.41, 5.74) is 3.65. The summed E-state index contributed by atoms with van der Waals surface area (Å²) in [4.78, 5) is 16.8. The first-order valence-corrected chi connectivity index (χ1v) is 12.1. The van der Waals surface area contributed by atoms with Crippen LogP contribution in [0.15, 0.2) is 60.9 Å². The summed E-state index contributed by atoms with van der Waals surface area (Å²) in [5, 5.41) is 5.58. The summed E-state index contributed by atoms with van der Waals surface area (Å²) in [6.45, 7) is 4.33. The van der Waals surface area contributed by atoms with E-state index in [2.05, 4.69) is 54.5 Å². The van der Waals surface area contributed by atoms with Crippen LogP contribution >= 0.6 is 0 Å². The Morgan fingerprint density at radius 3 is 2.73 bits per heavy atom. The Kier molecular flexibility index (Phi) is 9.49. The molecule has 1 amide bonds. The van der Waals surface area contributed by atoms with Gasteiger partial charge in [0, 0.05) is 24.5 Å². The molecule has 0 aliphatic carbocycles. The number of carbonyl (C=O) groups excluding carboxylic acids is 1. The molecule has 1 heterocycles. The SMILES string of the molecule is CCCCc1c(C=CC(=O)N[C@H](CC)CCCc2cccnc2)ccc2cc(OC)ccc12. The Hall–Kier alpha value is -3.14. The second kappa shape index (κ2) is 12.8. The summed E-state index contributed by atoms with van der Waals surface area (Å²) in [6, 6.07) is 14.7. The third kappa shape index (κ3) is 7.18. The molecule has 0 spiro atoms. The Morgan fingerprint density at radius 1 is 1.12 bits per heavy atom. The van der Waals surface area contributed by atoms with Crippen molar-refractivity contribution in [2.24, 2.45) is 0 Å². The molecule has 0 bridgehead atoms. The number of benzene rings is 2. The molecule has 1 aromatic heterocycles. The van der Waals surface area contributed by atoms with E-state index in [9.17, 15) is 4.79 Å². The lowest BCUT2D eigenvalue weighted by atomic mass is 9.94. The maximum absolute atomic E-state index is 12.7. The van der Waals surface area contributed by atoms with Gasteiger partial charge in [0.25, 0.3) is 0 Å². The van der Waals surface area contributed by atoms with Crippen LogP contribution in [0.25, 0.3) is 16.8 Å². The van der Waals surface area contributed by atoms with Crippen molar-refractivity contribution >= 4 is 22.8 Å². The minimum Gasteiger partial charge on any atom is -0.497 e. The quantitative estimate of drug-likeness (QED) is 0.324. The first kappa shape index (κ1) is 24.5. The van der Waals surface area contributed by atoms with Gasteiger partial charge in [-0.15, -0.1) is 0 Å². The number of nitrogens with zero attached hydrogens (tertiary/aromatic N) is 1. The van der Waals surface area contributed by atoms with Gasteiger partial charge in [0.2, 0.25) is 5.91 Å². The van der Waals surface area contributed by atoms with Crippen molar-refractivity contribution < 1.29 is 9.53 Å². The van der Waals surface area contributed by atoms with Crippen molar-refractivity contribution in [1.29, 1.82) is 0 Å². The molecule has 0 saturated heterocycles. The van der Waals surface area contributed by atoms with Gasteiger partial charge < -0.3 is 10.1 Å². The van der Waals surface area contributed by atoms with Crippen LogP contribution in [0.3, 0.4) is 0 Å². The molecule has 3 rings (SSSR count). The van der Waals surface area contributed by atoms with E-state index in [1.807, 2.05) is 24.4 Å². The molecule has 0 unspecified atom stereocenters. The maximum atomic E-state index is 12.7. The number of amides is 1. The number of nitrogens with one attached hydrogen (secondary N) is 1. The Balaban J connectivity index is 1.66. The van der Waals surface area contributed by atoms with Crippen molar-refractivity contribution in [1.82, 2.24) is 10.3 Å². The molecule has 3 aromatic rings. The van der Waals surface area contributed by atoms with Crippen LogP contribution in [0.5, 0.6) is 5.75 Å². The monoisotopic (exact) mass is 444 g/mol. The number of carbonyl (C=O) groups is 1. The van der Waals surface area contributed by atoms with Crippen LogP contribution in [0.2, 0.25) is 0 Å². The van der Waals surface area contributed by atoms with Crippen molar-refractivity contribution in [3.8, 4) is 5.75 Å². The fraction of sp³-hybridized carbons (Fsp3) is 0.379. The molecular formula is C29H36N2O2. The molecule has 1 atom stereocenters. The molecule has 0 saturated carbocycles. The highest BCUT2D eigenvalue weighted by atomic mass is 16.5. The fourth-order valence-corrected chi connectivity index (χ4v) is 4.20. The summed E-state index contributed by atoms with van der Waals surface area (Å²) in [7, 11) is 1.69. The molecule has 0 aliphatic heterocycles. The summed E-state index contributed by atoms with van der Waals surface area (Å²) >= 11 is 0. The summed E-state index contributed by atoms with van der Waals surface area (Å²) < 4.78 is 5.38. The zero-order valence-corrected chi connectivity index (χ0v) is 20.1. The zero-order chi connectivity index (χ0) is 23.5. The van der Waals surface area contributed by atoms with Crippen LogP contribution in [-0.4, -0.2) is 24.0 Å². The minimum absolute atomic E-state index is 0.0282. The highest BCUT2D eigenvalue weighted by Gasteiger charge is 2.10. The third-order valence-corrected chi connectivity index (χ3v) is 6.15. The third-order valence-electron chi connectivity index (χ3n) is 6.15. The van der Waals surface area contributed by atoms with E-state index >= 15 is 0 Å². The molecule has 0 radical (unpaired) electrons. The number of aryl methyl sites for hydroxylation is 2. The van der Waals surface area contributed by atoms with Crippen LogP contribution in [0.1, 0.15) is 62.6 Å². The maximum Gasteiger partial charge on any atom is 0.244 e. The van der Waals surface area contributed by atoms with E-state index < -0.39 is 0 Å². The average Bonchev–Trinajstić information content (AvgIpc) is 2.85. The van der Waals surface area contributed by atoms with Gasteiger partial charge >= 0.3 is 0 Å². The lowest BCUT2D eigenvalue weighted by Gasteiger charge is -2.16. The Bertz CT molecular complexity index is 1060.